The second kappa shape index (κ2) is 5.97. The van der Waals surface area contributed by atoms with E-state index in [1.807, 2.05) is 24.3 Å². The smallest absolute Gasteiger partial charge is 0.226 e. The zero-order valence-electron chi connectivity index (χ0n) is 9.52. The number of anilines is 1. The summed E-state index contributed by atoms with van der Waals surface area (Å²) in [5.74, 6) is -0.0553. The molecule has 6 heteroatoms. The molecule has 0 spiro atoms. The maximum absolute atomic E-state index is 11.7. The largest absolute Gasteiger partial charge is 0.375 e. The van der Waals surface area contributed by atoms with Gasteiger partial charge in [0.05, 0.1) is 12.1 Å². The van der Waals surface area contributed by atoms with E-state index in [0.717, 1.165) is 10.0 Å². The van der Waals surface area contributed by atoms with E-state index in [0.29, 0.717) is 17.4 Å². The van der Waals surface area contributed by atoms with Crippen LogP contribution >= 0.6 is 27.3 Å². The molecule has 0 atom stereocenters. The van der Waals surface area contributed by atoms with E-state index in [-0.39, 0.29) is 12.3 Å². The highest BCUT2D eigenvalue weighted by Crippen LogP contribution is 2.12. The van der Waals surface area contributed by atoms with E-state index in [2.05, 4.69) is 26.2 Å². The second-order valence-electron chi connectivity index (χ2n) is 3.76. The molecule has 0 fully saturated rings. The van der Waals surface area contributed by atoms with Crippen molar-refractivity contribution >= 4 is 38.3 Å². The lowest BCUT2D eigenvalue weighted by Crippen LogP contribution is -2.24. The van der Waals surface area contributed by atoms with Gasteiger partial charge < -0.3 is 11.1 Å². The van der Waals surface area contributed by atoms with Crippen molar-refractivity contribution in [3.63, 3.8) is 0 Å². The number of thiazole rings is 1. The molecule has 1 heterocycles. The van der Waals surface area contributed by atoms with E-state index in [1.165, 1.54) is 11.3 Å². The number of hydrogen-bond donors (Lipinski definition) is 2. The van der Waals surface area contributed by atoms with Gasteiger partial charge in [0.25, 0.3) is 0 Å². The van der Waals surface area contributed by atoms with Gasteiger partial charge in [-0.3, -0.25) is 4.79 Å². The van der Waals surface area contributed by atoms with E-state index in [1.54, 1.807) is 5.38 Å². The standard InChI is InChI=1S/C12H12BrN3OS/c13-9-3-1-2-8(4-9)6-15-11(17)5-10-7-18-12(14)16-10/h1-4,7H,5-6H2,(H2,14,16)(H,15,17). The lowest BCUT2D eigenvalue weighted by Gasteiger charge is -2.04. The Bertz CT molecular complexity index is 556. The Morgan fingerprint density at radius 2 is 2.33 bits per heavy atom. The minimum absolute atomic E-state index is 0.0553. The summed E-state index contributed by atoms with van der Waals surface area (Å²) >= 11 is 4.73. The first-order chi connectivity index (χ1) is 8.63. The van der Waals surface area contributed by atoms with Crippen molar-refractivity contribution in [2.24, 2.45) is 0 Å². The zero-order chi connectivity index (χ0) is 13.0. The maximum atomic E-state index is 11.7. The molecule has 0 unspecified atom stereocenters. The molecule has 1 amide bonds. The van der Waals surface area contributed by atoms with Gasteiger partial charge in [0.2, 0.25) is 5.91 Å². The number of nitrogens with two attached hydrogens (primary N) is 1. The molecule has 4 nitrogen and oxygen atoms in total. The molecule has 0 saturated carbocycles. The number of aromatic nitrogens is 1. The third kappa shape index (κ3) is 3.82. The summed E-state index contributed by atoms with van der Waals surface area (Å²) in [6, 6.07) is 7.82. The van der Waals surface area contributed by atoms with Crippen molar-refractivity contribution in [3.8, 4) is 0 Å². The van der Waals surface area contributed by atoms with Crippen molar-refractivity contribution in [2.45, 2.75) is 13.0 Å². The first-order valence-electron chi connectivity index (χ1n) is 5.34. The van der Waals surface area contributed by atoms with Crippen LogP contribution in [0.3, 0.4) is 0 Å². The van der Waals surface area contributed by atoms with Gasteiger partial charge in [0.15, 0.2) is 5.13 Å². The number of halogens is 1. The van der Waals surface area contributed by atoms with Gasteiger partial charge in [0.1, 0.15) is 0 Å². The number of benzene rings is 1. The van der Waals surface area contributed by atoms with Crippen molar-refractivity contribution in [1.82, 2.24) is 10.3 Å². The predicted molar refractivity (Wildman–Crippen MR) is 76.2 cm³/mol. The number of hydrogen-bond acceptors (Lipinski definition) is 4. The molecule has 0 aliphatic carbocycles. The molecule has 94 valence electrons. The summed E-state index contributed by atoms with van der Waals surface area (Å²) in [6.45, 7) is 0.512. The topological polar surface area (TPSA) is 68.0 Å². The van der Waals surface area contributed by atoms with Gasteiger partial charge in [-0.1, -0.05) is 28.1 Å². The monoisotopic (exact) mass is 325 g/mol. The number of nitrogens with zero attached hydrogens (tertiary/aromatic N) is 1. The first-order valence-corrected chi connectivity index (χ1v) is 7.02. The van der Waals surface area contributed by atoms with Crippen LogP contribution in [0.15, 0.2) is 34.1 Å². The number of nitrogen functional groups attached to an aromatic ring is 1. The Labute approximate surface area is 117 Å². The van der Waals surface area contributed by atoms with Crippen molar-refractivity contribution in [3.05, 3.63) is 45.4 Å². The summed E-state index contributed by atoms with van der Waals surface area (Å²) in [7, 11) is 0. The SMILES string of the molecule is Nc1nc(CC(=O)NCc2cccc(Br)c2)cs1. The van der Waals surface area contributed by atoms with Gasteiger partial charge in [-0.15, -0.1) is 11.3 Å². The molecule has 1 aromatic carbocycles. The van der Waals surface area contributed by atoms with Gasteiger partial charge in [-0.2, -0.15) is 0 Å². The fraction of sp³-hybridized carbons (Fsp3) is 0.167. The summed E-state index contributed by atoms with van der Waals surface area (Å²) in [4.78, 5) is 15.7. The quantitative estimate of drug-likeness (QED) is 0.906. The third-order valence-electron chi connectivity index (χ3n) is 2.29. The van der Waals surface area contributed by atoms with Crippen LogP contribution in [-0.2, 0) is 17.8 Å². The molecule has 0 radical (unpaired) electrons. The highest BCUT2D eigenvalue weighted by molar-refractivity contribution is 9.10. The van der Waals surface area contributed by atoms with E-state index in [9.17, 15) is 4.79 Å². The zero-order valence-corrected chi connectivity index (χ0v) is 11.9. The van der Waals surface area contributed by atoms with Crippen molar-refractivity contribution < 1.29 is 4.79 Å². The molecule has 0 saturated heterocycles. The first kappa shape index (κ1) is 13.0. The average molecular weight is 326 g/mol. The van der Waals surface area contributed by atoms with Gasteiger partial charge >= 0.3 is 0 Å². The Kier molecular flexibility index (Phi) is 4.33. The van der Waals surface area contributed by atoms with E-state index in [4.69, 9.17) is 5.73 Å². The fourth-order valence-corrected chi connectivity index (χ4v) is 2.49. The average Bonchev–Trinajstić information content (AvgIpc) is 2.72. The van der Waals surface area contributed by atoms with Crippen LogP contribution in [0.2, 0.25) is 0 Å². The molecule has 2 aromatic rings. The van der Waals surface area contributed by atoms with Crippen LogP contribution in [0, 0.1) is 0 Å². The third-order valence-corrected chi connectivity index (χ3v) is 3.51. The lowest BCUT2D eigenvalue weighted by molar-refractivity contribution is -0.120. The van der Waals surface area contributed by atoms with Crippen molar-refractivity contribution in [2.75, 3.05) is 5.73 Å². The van der Waals surface area contributed by atoms with Crippen molar-refractivity contribution in [1.29, 1.82) is 0 Å². The highest BCUT2D eigenvalue weighted by Gasteiger charge is 2.06. The van der Waals surface area contributed by atoms with Gasteiger partial charge in [-0.25, -0.2) is 4.98 Å². The molecule has 0 aliphatic rings. The van der Waals surface area contributed by atoms with E-state index < -0.39 is 0 Å². The molecule has 2 rings (SSSR count). The van der Waals surface area contributed by atoms with Gasteiger partial charge in [-0.05, 0) is 17.7 Å². The molecular weight excluding hydrogens is 314 g/mol. The second-order valence-corrected chi connectivity index (χ2v) is 5.57. The van der Waals surface area contributed by atoms with Crippen LogP contribution in [0.5, 0.6) is 0 Å². The number of rotatable bonds is 4. The summed E-state index contributed by atoms with van der Waals surface area (Å²) in [6.07, 6.45) is 0.266. The molecule has 18 heavy (non-hydrogen) atoms. The number of carbonyl (C=O) groups is 1. The minimum Gasteiger partial charge on any atom is -0.375 e. The number of carbonyl (C=O) groups excluding carboxylic acids is 1. The maximum Gasteiger partial charge on any atom is 0.226 e. The van der Waals surface area contributed by atoms with Crippen LogP contribution in [-0.4, -0.2) is 10.9 Å². The number of amides is 1. The molecule has 0 bridgehead atoms. The van der Waals surface area contributed by atoms with Crippen LogP contribution in [0.25, 0.3) is 0 Å². The molecule has 1 aromatic heterocycles. The Morgan fingerprint density at radius 1 is 1.50 bits per heavy atom. The normalized spacial score (nSPS) is 10.3. The Hall–Kier alpha value is -1.40. The lowest BCUT2D eigenvalue weighted by atomic mass is 10.2. The van der Waals surface area contributed by atoms with Gasteiger partial charge in [0, 0.05) is 16.4 Å². The minimum atomic E-state index is -0.0553. The summed E-state index contributed by atoms with van der Waals surface area (Å²) < 4.78 is 1.00. The van der Waals surface area contributed by atoms with Crippen LogP contribution in [0.1, 0.15) is 11.3 Å². The molecular formula is C12H12BrN3OS. The Balaban J connectivity index is 1.85. The molecule has 0 aliphatic heterocycles. The summed E-state index contributed by atoms with van der Waals surface area (Å²) in [5.41, 5.74) is 7.27. The summed E-state index contributed by atoms with van der Waals surface area (Å²) in [5, 5.41) is 5.14. The van der Waals surface area contributed by atoms with Crippen LogP contribution < -0.4 is 11.1 Å². The van der Waals surface area contributed by atoms with Crippen LogP contribution in [0.4, 0.5) is 5.13 Å². The number of nitrogens with one attached hydrogen (secondary N) is 1. The fourth-order valence-electron chi connectivity index (χ4n) is 1.48. The van der Waals surface area contributed by atoms with E-state index >= 15 is 0 Å². The molecule has 3 N–H and O–H groups in total. The highest BCUT2D eigenvalue weighted by atomic mass is 79.9. The Morgan fingerprint density at radius 3 is 3.00 bits per heavy atom. The predicted octanol–water partition coefficient (Wildman–Crippen LogP) is 2.35.